The van der Waals surface area contributed by atoms with Crippen LogP contribution < -0.4 is 20.3 Å². The van der Waals surface area contributed by atoms with Crippen LogP contribution in [0.5, 0.6) is 5.75 Å². The summed E-state index contributed by atoms with van der Waals surface area (Å²) in [5.74, 6) is -0.528. The molecule has 154 valence electrons. The lowest BCUT2D eigenvalue weighted by Crippen LogP contribution is -3.15. The van der Waals surface area contributed by atoms with Crippen LogP contribution in [-0.4, -0.2) is 61.6 Å². The lowest BCUT2D eigenvalue weighted by atomic mass is 10.3. The van der Waals surface area contributed by atoms with E-state index < -0.39 is 6.36 Å². The minimum atomic E-state index is -4.74. The van der Waals surface area contributed by atoms with Crippen LogP contribution in [0.3, 0.4) is 0 Å². The van der Waals surface area contributed by atoms with Crippen molar-refractivity contribution < 1.29 is 27.6 Å². The first kappa shape index (κ1) is 22.0. The van der Waals surface area contributed by atoms with Gasteiger partial charge in [0, 0.05) is 12.2 Å². The lowest BCUT2D eigenvalue weighted by molar-refractivity contribution is -0.895. The van der Waals surface area contributed by atoms with Crippen molar-refractivity contribution in [2.45, 2.75) is 13.3 Å². The quantitative estimate of drug-likeness (QED) is 0.479. The van der Waals surface area contributed by atoms with Crippen LogP contribution in [0.4, 0.5) is 18.9 Å². The Bertz CT molecular complexity index is 702. The average Bonchev–Trinajstić information content (AvgIpc) is 2.60. The van der Waals surface area contributed by atoms with Crippen molar-refractivity contribution in [1.29, 1.82) is 0 Å². The Morgan fingerprint density at radius 3 is 2.43 bits per heavy atom. The molecule has 0 aromatic heterocycles. The summed E-state index contributed by atoms with van der Waals surface area (Å²) in [5, 5.41) is 6.52. The molecule has 1 amide bonds. The smallest absolute Gasteiger partial charge is 0.406 e. The summed E-state index contributed by atoms with van der Waals surface area (Å²) in [6.45, 7) is 9.69. The van der Waals surface area contributed by atoms with Crippen molar-refractivity contribution in [3.05, 3.63) is 36.4 Å². The zero-order chi connectivity index (χ0) is 20.7. The molecule has 0 atom stereocenters. The minimum Gasteiger partial charge on any atom is -0.406 e. The fraction of sp³-hybridized carbons (Fsp3) is 0.444. The Balaban J connectivity index is 1.74. The molecule has 1 aliphatic heterocycles. The van der Waals surface area contributed by atoms with Gasteiger partial charge in [-0.3, -0.25) is 4.79 Å². The van der Waals surface area contributed by atoms with Crippen molar-refractivity contribution in [2.24, 2.45) is 0 Å². The summed E-state index contributed by atoms with van der Waals surface area (Å²) < 4.78 is 40.3. The largest absolute Gasteiger partial charge is 0.573 e. The predicted molar refractivity (Wildman–Crippen MR) is 104 cm³/mol. The Labute approximate surface area is 167 Å². The van der Waals surface area contributed by atoms with E-state index >= 15 is 0 Å². The number of carbonyl (C=O) groups excluding carboxylic acids is 1. The number of benzene rings is 1. The summed E-state index contributed by atoms with van der Waals surface area (Å²) in [6.07, 6.45) is -4.74. The lowest BCUT2D eigenvalue weighted by Gasteiger charge is -2.33. The number of hydrogen-bond acceptors (Lipinski definition) is 3. The van der Waals surface area contributed by atoms with Gasteiger partial charge in [0.1, 0.15) is 5.75 Å². The average molecular weight is 417 g/mol. The van der Waals surface area contributed by atoms with Crippen LogP contribution in [0.15, 0.2) is 36.4 Å². The molecule has 0 radical (unpaired) electrons. The number of rotatable bonds is 6. The maximum Gasteiger partial charge on any atom is 0.573 e. The Morgan fingerprint density at radius 1 is 1.29 bits per heavy atom. The highest BCUT2D eigenvalue weighted by Gasteiger charge is 2.31. The van der Waals surface area contributed by atoms with Gasteiger partial charge in [-0.15, -0.1) is 13.2 Å². The van der Waals surface area contributed by atoms with E-state index in [9.17, 15) is 18.0 Å². The van der Waals surface area contributed by atoms with Crippen molar-refractivity contribution in [3.63, 3.8) is 0 Å². The van der Waals surface area contributed by atoms with E-state index in [1.54, 1.807) is 0 Å². The molecule has 2 rings (SSSR count). The third kappa shape index (κ3) is 7.73. The predicted octanol–water partition coefficient (Wildman–Crippen LogP) is 1.17. The molecule has 0 spiro atoms. The Hall–Kier alpha value is -2.33. The van der Waals surface area contributed by atoms with Gasteiger partial charge >= 0.3 is 6.36 Å². The maximum absolute atomic E-state index is 12.2. The second-order valence-corrected chi connectivity index (χ2v) is 7.04. The van der Waals surface area contributed by atoms with Gasteiger partial charge in [-0.2, -0.15) is 0 Å². The van der Waals surface area contributed by atoms with Gasteiger partial charge in [0.15, 0.2) is 11.7 Å². The number of ether oxygens (including phenoxy) is 1. The molecule has 1 aromatic carbocycles. The summed E-state index contributed by atoms with van der Waals surface area (Å²) in [4.78, 5) is 15.4. The number of halogens is 3. The zero-order valence-corrected chi connectivity index (χ0v) is 16.4. The number of nitrogens with one attached hydrogen (secondary N) is 3. The summed E-state index contributed by atoms with van der Waals surface area (Å²) in [7, 11) is 0. The third-order valence-corrected chi connectivity index (χ3v) is 4.48. The van der Waals surface area contributed by atoms with Crippen molar-refractivity contribution in [3.8, 4) is 5.75 Å². The van der Waals surface area contributed by atoms with Gasteiger partial charge < -0.3 is 25.2 Å². The molecule has 1 aromatic rings. The second-order valence-electron chi connectivity index (χ2n) is 6.65. The highest BCUT2D eigenvalue weighted by atomic mass is 32.1. The number of anilines is 1. The molecule has 28 heavy (non-hydrogen) atoms. The van der Waals surface area contributed by atoms with Crippen LogP contribution in [0.25, 0.3) is 0 Å². The van der Waals surface area contributed by atoms with Gasteiger partial charge in [-0.1, -0.05) is 12.2 Å². The first-order valence-corrected chi connectivity index (χ1v) is 9.19. The Kier molecular flexibility index (Phi) is 7.64. The fourth-order valence-electron chi connectivity index (χ4n) is 2.71. The minimum absolute atomic E-state index is 0.198. The molecule has 0 bridgehead atoms. The normalized spacial score (nSPS) is 15.1. The summed E-state index contributed by atoms with van der Waals surface area (Å²) >= 11 is 5.35. The number of alkyl halides is 3. The van der Waals surface area contributed by atoms with E-state index in [4.69, 9.17) is 12.2 Å². The van der Waals surface area contributed by atoms with E-state index in [0.717, 1.165) is 48.8 Å². The number of amides is 1. The fourth-order valence-corrected chi connectivity index (χ4v) is 2.97. The molecular weight excluding hydrogens is 393 g/mol. The maximum atomic E-state index is 12.2. The van der Waals surface area contributed by atoms with Crippen LogP contribution >= 0.6 is 12.2 Å². The van der Waals surface area contributed by atoms with Crippen LogP contribution in [0.2, 0.25) is 0 Å². The second kappa shape index (κ2) is 9.74. The molecule has 0 aliphatic carbocycles. The van der Waals surface area contributed by atoms with Crippen LogP contribution in [0, 0.1) is 0 Å². The molecule has 10 heteroatoms. The zero-order valence-electron chi connectivity index (χ0n) is 15.6. The third-order valence-electron chi connectivity index (χ3n) is 4.08. The SMILES string of the molecule is C=C(C)CNC(=S)N1CC[NH+](CC(=O)Nc2ccc(OC(F)(F)F)cc2)CC1. The number of carbonyl (C=O) groups is 1. The monoisotopic (exact) mass is 417 g/mol. The van der Waals surface area contributed by atoms with E-state index in [-0.39, 0.29) is 18.2 Å². The summed E-state index contributed by atoms with van der Waals surface area (Å²) in [6, 6.07) is 5.07. The number of quaternary nitrogens is 1. The number of nitrogens with zero attached hydrogens (tertiary/aromatic N) is 1. The molecule has 1 saturated heterocycles. The van der Waals surface area contributed by atoms with Crippen LogP contribution in [0.1, 0.15) is 6.92 Å². The Morgan fingerprint density at radius 2 is 1.89 bits per heavy atom. The number of hydrogen-bond donors (Lipinski definition) is 3. The first-order valence-electron chi connectivity index (χ1n) is 8.79. The first-order chi connectivity index (χ1) is 13.1. The molecule has 6 nitrogen and oxygen atoms in total. The van der Waals surface area contributed by atoms with Gasteiger partial charge in [-0.05, 0) is 43.4 Å². The standard InChI is InChI=1S/C18H23F3N4O2S/c1-13(2)11-22-17(28)25-9-7-24(8-10-25)12-16(26)23-14-3-5-15(6-4-14)27-18(19,20)21/h3-6H,1,7-12H2,2H3,(H,22,28)(H,23,26)/p+1. The molecular formula is C18H24F3N4O2S+. The molecule has 1 heterocycles. The van der Waals surface area contributed by atoms with E-state index in [2.05, 4.69) is 26.8 Å². The van der Waals surface area contributed by atoms with Gasteiger partial charge in [0.25, 0.3) is 5.91 Å². The molecule has 0 unspecified atom stereocenters. The highest BCUT2D eigenvalue weighted by Crippen LogP contribution is 2.23. The number of thiocarbonyl (C=S) groups is 1. The van der Waals surface area contributed by atoms with E-state index in [0.29, 0.717) is 17.3 Å². The van der Waals surface area contributed by atoms with E-state index in [1.807, 2.05) is 6.92 Å². The van der Waals surface area contributed by atoms with Gasteiger partial charge in [0.05, 0.1) is 26.2 Å². The van der Waals surface area contributed by atoms with Crippen molar-refractivity contribution >= 4 is 28.9 Å². The van der Waals surface area contributed by atoms with Crippen molar-refractivity contribution in [1.82, 2.24) is 10.2 Å². The highest BCUT2D eigenvalue weighted by molar-refractivity contribution is 7.80. The molecule has 1 aliphatic rings. The number of piperazine rings is 1. The van der Waals surface area contributed by atoms with E-state index in [1.165, 1.54) is 12.1 Å². The van der Waals surface area contributed by atoms with Crippen LogP contribution in [-0.2, 0) is 4.79 Å². The van der Waals surface area contributed by atoms with Gasteiger partial charge in [-0.25, -0.2) is 0 Å². The van der Waals surface area contributed by atoms with Gasteiger partial charge in [0.2, 0.25) is 0 Å². The topological polar surface area (TPSA) is 58.0 Å². The molecule has 3 N–H and O–H groups in total. The molecule has 1 fully saturated rings. The van der Waals surface area contributed by atoms with Crippen molar-refractivity contribution in [2.75, 3.05) is 44.6 Å². The molecule has 0 saturated carbocycles. The summed E-state index contributed by atoms with van der Waals surface area (Å²) in [5.41, 5.74) is 1.42.